The summed E-state index contributed by atoms with van der Waals surface area (Å²) in [6.45, 7) is 9.97. The van der Waals surface area contributed by atoms with Crippen molar-refractivity contribution < 1.29 is 0 Å². The van der Waals surface area contributed by atoms with Crippen molar-refractivity contribution in [3.8, 4) is 0 Å². The first-order valence-electron chi connectivity index (χ1n) is 6.16. The zero-order valence-electron chi connectivity index (χ0n) is 12.1. The van der Waals surface area contributed by atoms with E-state index in [4.69, 9.17) is 0 Å². The molecule has 0 aromatic carbocycles. The Bertz CT molecular complexity index is 156. The molecule has 0 radical (unpaired) electrons. The van der Waals surface area contributed by atoms with Crippen LogP contribution in [0.2, 0.25) is 26.2 Å². The first-order valence-corrected chi connectivity index (χ1v) is 14.9. The van der Waals surface area contributed by atoms with E-state index in [2.05, 4.69) is 71.3 Å². The summed E-state index contributed by atoms with van der Waals surface area (Å²) in [7, 11) is 6.09. The molecule has 0 unspecified atom stereocenters. The molecule has 0 atom stereocenters. The monoisotopic (exact) mass is 292 g/mol. The van der Waals surface area contributed by atoms with Crippen molar-refractivity contribution in [2.75, 3.05) is 28.2 Å². The molecule has 1 heterocycles. The van der Waals surface area contributed by atoms with Crippen molar-refractivity contribution in [2.24, 2.45) is 0 Å². The second-order valence-corrected chi connectivity index (χ2v) is 19.1. The van der Waals surface area contributed by atoms with E-state index in [1.807, 2.05) is 0 Å². The Morgan fingerprint density at radius 1 is 0.438 bits per heavy atom. The quantitative estimate of drug-likeness (QED) is 0.538. The minimum Gasteiger partial charge on any atom is -0.330 e. The van der Waals surface area contributed by atoms with Crippen molar-refractivity contribution in [2.45, 2.75) is 26.2 Å². The van der Waals surface area contributed by atoms with Crippen LogP contribution in [0.15, 0.2) is 0 Å². The van der Waals surface area contributed by atoms with Gasteiger partial charge in [-0.15, -0.1) is 0 Å². The van der Waals surface area contributed by atoms with E-state index >= 15 is 0 Å². The summed E-state index contributed by atoms with van der Waals surface area (Å²) in [6.07, 6.45) is 0. The molecule has 1 aliphatic heterocycles. The topological polar surface area (TPSA) is 13.0 Å². The molecule has 1 saturated heterocycles. The molecule has 16 heavy (non-hydrogen) atoms. The van der Waals surface area contributed by atoms with Crippen LogP contribution in [0.5, 0.6) is 0 Å². The third-order valence-electron chi connectivity index (χ3n) is 4.72. The Hall–Kier alpha value is 0.708. The van der Waals surface area contributed by atoms with Crippen LogP contribution < -0.4 is 0 Å². The Kier molecular flexibility index (Phi) is 5.14. The molecule has 0 spiro atoms. The van der Waals surface area contributed by atoms with Gasteiger partial charge in [0.15, 0.2) is 36.5 Å². The third-order valence-corrected chi connectivity index (χ3v) is 24.5. The largest absolute Gasteiger partial charge is 0.330 e. The Morgan fingerprint density at radius 3 is 0.688 bits per heavy atom. The molecule has 0 aromatic heterocycles. The van der Waals surface area contributed by atoms with E-state index in [1.165, 1.54) is 0 Å². The zero-order chi connectivity index (χ0) is 12.6. The van der Waals surface area contributed by atoms with E-state index < -0.39 is 36.5 Å². The highest BCUT2D eigenvalue weighted by atomic mass is 28.4. The molecule has 1 fully saturated rings. The fraction of sp³-hybridized carbons (Fsp3) is 1.00. The lowest BCUT2D eigenvalue weighted by Crippen LogP contribution is -2.72. The SMILES string of the molecule is CN1[SiH](C)N(C)[SiH](C)N(C)[SiH](C)N(C)[SiH]1C. The van der Waals surface area contributed by atoms with E-state index in [9.17, 15) is 0 Å². The van der Waals surface area contributed by atoms with E-state index in [0.717, 1.165) is 0 Å². The van der Waals surface area contributed by atoms with Gasteiger partial charge in [0, 0.05) is 0 Å². The first-order chi connectivity index (χ1) is 7.29. The van der Waals surface area contributed by atoms with Crippen LogP contribution in [0.4, 0.5) is 0 Å². The molecule has 0 saturated carbocycles. The predicted molar refractivity (Wildman–Crippen MR) is 83.1 cm³/mol. The Balaban J connectivity index is 2.98. The summed E-state index contributed by atoms with van der Waals surface area (Å²) in [4.78, 5) is 0. The molecular formula is C8H28N4Si4. The average Bonchev–Trinajstić information content (AvgIpc) is 2.30. The van der Waals surface area contributed by atoms with Gasteiger partial charge < -0.3 is 16.9 Å². The Labute approximate surface area is 108 Å². The van der Waals surface area contributed by atoms with Crippen LogP contribution in [0.25, 0.3) is 0 Å². The van der Waals surface area contributed by atoms with Crippen molar-refractivity contribution in [3.63, 3.8) is 0 Å². The van der Waals surface area contributed by atoms with Gasteiger partial charge in [-0.3, -0.25) is 0 Å². The Morgan fingerprint density at radius 2 is 0.562 bits per heavy atom. The van der Waals surface area contributed by atoms with Crippen LogP contribution in [0, 0.1) is 0 Å². The molecule has 0 aromatic rings. The molecule has 4 nitrogen and oxygen atoms in total. The standard InChI is InChI=1S/C8H28N4Si4/c1-9-13(5)10(2)15(7)12(4)16(8)11(3)14(9)6/h13-16H,1-8H3. The smallest absolute Gasteiger partial charge is 0.174 e. The highest BCUT2D eigenvalue weighted by Gasteiger charge is 2.37. The fourth-order valence-electron chi connectivity index (χ4n) is 2.40. The fourth-order valence-corrected chi connectivity index (χ4v) is 21.6. The first kappa shape index (κ1) is 14.8. The average molecular weight is 293 g/mol. The molecule has 1 rings (SSSR count). The number of rotatable bonds is 0. The van der Waals surface area contributed by atoms with Gasteiger partial charge in [-0.25, -0.2) is 0 Å². The van der Waals surface area contributed by atoms with Crippen LogP contribution in [-0.2, 0) is 0 Å². The number of hydrogen-bond donors (Lipinski definition) is 0. The molecule has 1 aliphatic rings. The normalized spacial score (nSPS) is 42.0. The summed E-state index contributed by atoms with van der Waals surface area (Å²) in [6, 6.07) is 0. The summed E-state index contributed by atoms with van der Waals surface area (Å²) >= 11 is 0. The van der Waals surface area contributed by atoms with Crippen LogP contribution in [-0.4, -0.2) is 81.6 Å². The summed E-state index contributed by atoms with van der Waals surface area (Å²) < 4.78 is 11.1. The van der Waals surface area contributed by atoms with Gasteiger partial charge in [-0.05, 0) is 54.4 Å². The van der Waals surface area contributed by atoms with E-state index in [1.54, 1.807) is 0 Å². The minimum absolute atomic E-state index is 0.848. The van der Waals surface area contributed by atoms with E-state index in [0.29, 0.717) is 0 Å². The van der Waals surface area contributed by atoms with Gasteiger partial charge >= 0.3 is 0 Å². The lowest BCUT2D eigenvalue weighted by atomic mass is 11.6. The molecule has 0 amide bonds. The highest BCUT2D eigenvalue weighted by molar-refractivity contribution is 6.84. The molecular weight excluding hydrogens is 264 g/mol. The lowest BCUT2D eigenvalue weighted by molar-refractivity contribution is 0.545. The highest BCUT2D eigenvalue weighted by Crippen LogP contribution is 2.14. The maximum Gasteiger partial charge on any atom is 0.174 e. The van der Waals surface area contributed by atoms with Crippen molar-refractivity contribution in [1.82, 2.24) is 16.9 Å². The zero-order valence-corrected chi connectivity index (χ0v) is 16.7. The number of nitrogens with zero attached hydrogens (tertiary/aromatic N) is 4. The van der Waals surface area contributed by atoms with Crippen molar-refractivity contribution >= 4 is 36.5 Å². The molecule has 0 bridgehead atoms. The van der Waals surface area contributed by atoms with Gasteiger partial charge in [0.1, 0.15) is 0 Å². The van der Waals surface area contributed by atoms with Gasteiger partial charge in [-0.1, -0.05) is 0 Å². The van der Waals surface area contributed by atoms with E-state index in [-0.39, 0.29) is 0 Å². The maximum atomic E-state index is 2.76. The second-order valence-electron chi connectivity index (χ2n) is 5.19. The van der Waals surface area contributed by atoms with Crippen LogP contribution in [0.3, 0.4) is 0 Å². The van der Waals surface area contributed by atoms with Gasteiger partial charge in [-0.2, -0.15) is 0 Å². The maximum absolute atomic E-state index is 2.76. The van der Waals surface area contributed by atoms with Gasteiger partial charge in [0.05, 0.1) is 0 Å². The third kappa shape index (κ3) is 2.58. The molecule has 96 valence electrons. The predicted octanol–water partition coefficient (Wildman–Crippen LogP) is -0.872. The second kappa shape index (κ2) is 5.57. The van der Waals surface area contributed by atoms with Crippen LogP contribution >= 0.6 is 0 Å². The molecule has 0 N–H and O–H groups in total. The minimum atomic E-state index is -0.848. The van der Waals surface area contributed by atoms with Crippen molar-refractivity contribution in [1.29, 1.82) is 0 Å². The molecule has 0 aliphatic carbocycles. The summed E-state index contributed by atoms with van der Waals surface area (Å²) in [5.74, 6) is 0. The molecule has 8 heteroatoms. The lowest BCUT2D eigenvalue weighted by Gasteiger charge is -2.50. The van der Waals surface area contributed by atoms with Crippen LogP contribution in [0.1, 0.15) is 0 Å². The van der Waals surface area contributed by atoms with Gasteiger partial charge in [0.2, 0.25) is 0 Å². The summed E-state index contributed by atoms with van der Waals surface area (Å²) in [5, 5.41) is 0. The van der Waals surface area contributed by atoms with Gasteiger partial charge in [0.25, 0.3) is 0 Å². The van der Waals surface area contributed by atoms with Crippen molar-refractivity contribution in [3.05, 3.63) is 0 Å². The summed E-state index contributed by atoms with van der Waals surface area (Å²) in [5.41, 5.74) is 0. The number of hydrogen-bond acceptors (Lipinski definition) is 4.